The number of benzene rings is 9. The fraction of sp³-hybridized carbons (Fsp3) is 0. The van der Waals surface area contributed by atoms with Gasteiger partial charge in [-0.1, -0.05) is 176 Å². The Morgan fingerprint density at radius 3 is 1.33 bits per heavy atom. The van der Waals surface area contributed by atoms with Gasteiger partial charge < -0.3 is 0 Å². The van der Waals surface area contributed by atoms with Gasteiger partial charge in [0.2, 0.25) is 0 Å². The molecule has 222 valence electrons. The summed E-state index contributed by atoms with van der Waals surface area (Å²) in [5.41, 5.74) is 14.0. The highest BCUT2D eigenvalue weighted by Crippen LogP contribution is 2.59. The Morgan fingerprint density at radius 1 is 0.312 bits per heavy atom. The van der Waals surface area contributed by atoms with Crippen molar-refractivity contribution in [3.05, 3.63) is 176 Å². The summed E-state index contributed by atoms with van der Waals surface area (Å²) in [4.78, 5) is 0. The molecule has 48 heavy (non-hydrogen) atoms. The molecule has 0 saturated heterocycles. The van der Waals surface area contributed by atoms with Gasteiger partial charge in [0.05, 0.1) is 0 Å². The first kappa shape index (κ1) is 26.9. The molecule has 9 aromatic carbocycles. The second-order valence-electron chi connectivity index (χ2n) is 12.8. The summed E-state index contributed by atoms with van der Waals surface area (Å²) in [5.74, 6) is 0. The van der Waals surface area contributed by atoms with Crippen LogP contribution in [-0.2, 0) is 0 Å². The zero-order chi connectivity index (χ0) is 31.8. The molecule has 0 unspecified atom stereocenters. The van der Waals surface area contributed by atoms with Crippen molar-refractivity contribution in [2.24, 2.45) is 0 Å². The molecule has 0 N–H and O–H groups in total. The molecule has 1 aliphatic rings. The number of hydrogen-bond donors (Lipinski definition) is 0. The van der Waals surface area contributed by atoms with Crippen molar-refractivity contribution in [2.45, 2.75) is 0 Å². The largest absolute Gasteiger partial charge is 0.0985 e. The average Bonchev–Trinajstić information content (AvgIpc) is 3.48. The molecule has 9 aromatic rings. The smallest absolute Gasteiger partial charge is 0.000718 e. The zero-order valence-corrected chi connectivity index (χ0v) is 26.4. The molecule has 0 atom stereocenters. The van der Waals surface area contributed by atoms with Gasteiger partial charge in [-0.25, -0.2) is 0 Å². The minimum atomic E-state index is 1.13. The van der Waals surface area contributed by atoms with Gasteiger partial charge in [-0.3, -0.25) is 0 Å². The summed E-state index contributed by atoms with van der Waals surface area (Å²) in [7, 11) is 0. The fourth-order valence-electron chi connectivity index (χ4n) is 8.30. The number of rotatable bonds is 4. The van der Waals surface area contributed by atoms with Gasteiger partial charge in [0, 0.05) is 0 Å². The molecule has 0 fully saturated rings. The molecule has 0 amide bonds. The Hall–Kier alpha value is -6.24. The van der Waals surface area contributed by atoms with E-state index in [9.17, 15) is 0 Å². The SMILES string of the molecule is C=Cc1ccc(-c2ccc3c4c(cccc24)-c2c-3c(-c3cccc4ccccc34)c3ccccc3c2-c2cccc3ccccc23)cc1. The van der Waals surface area contributed by atoms with E-state index in [0.717, 1.165) is 5.56 Å². The fourth-order valence-corrected chi connectivity index (χ4v) is 8.30. The van der Waals surface area contributed by atoms with Crippen LogP contribution in [-0.4, -0.2) is 0 Å². The summed E-state index contributed by atoms with van der Waals surface area (Å²) >= 11 is 0. The molecule has 0 spiro atoms. The Bertz CT molecular complexity index is 2640. The van der Waals surface area contributed by atoms with Crippen molar-refractivity contribution in [2.75, 3.05) is 0 Å². The van der Waals surface area contributed by atoms with Crippen molar-refractivity contribution in [3.8, 4) is 55.6 Å². The van der Waals surface area contributed by atoms with Crippen molar-refractivity contribution >= 4 is 49.2 Å². The molecular formula is C48H30. The third-order valence-electron chi connectivity index (χ3n) is 10.4. The molecule has 0 saturated carbocycles. The average molecular weight is 607 g/mol. The summed E-state index contributed by atoms with van der Waals surface area (Å²) in [6, 6.07) is 60.6. The van der Waals surface area contributed by atoms with Crippen LogP contribution in [0.15, 0.2) is 170 Å². The third kappa shape index (κ3) is 3.78. The predicted molar refractivity (Wildman–Crippen MR) is 207 cm³/mol. The van der Waals surface area contributed by atoms with Gasteiger partial charge in [0.25, 0.3) is 0 Å². The lowest BCUT2D eigenvalue weighted by Crippen LogP contribution is -1.94. The first-order chi connectivity index (χ1) is 23.8. The van der Waals surface area contributed by atoms with Gasteiger partial charge in [0.15, 0.2) is 0 Å². The second-order valence-corrected chi connectivity index (χ2v) is 12.8. The summed E-state index contributed by atoms with van der Waals surface area (Å²) in [6.07, 6.45) is 1.90. The summed E-state index contributed by atoms with van der Waals surface area (Å²) in [6.45, 7) is 3.96. The minimum Gasteiger partial charge on any atom is -0.0985 e. The van der Waals surface area contributed by atoms with Crippen LogP contribution < -0.4 is 0 Å². The van der Waals surface area contributed by atoms with E-state index in [1.54, 1.807) is 0 Å². The molecule has 0 radical (unpaired) electrons. The van der Waals surface area contributed by atoms with E-state index < -0.39 is 0 Å². The molecule has 0 aliphatic heterocycles. The lowest BCUT2D eigenvalue weighted by molar-refractivity contribution is 1.63. The first-order valence-electron chi connectivity index (χ1n) is 16.6. The van der Waals surface area contributed by atoms with Gasteiger partial charge >= 0.3 is 0 Å². The maximum absolute atomic E-state index is 3.96. The van der Waals surface area contributed by atoms with Crippen LogP contribution in [0.4, 0.5) is 0 Å². The van der Waals surface area contributed by atoms with E-state index in [-0.39, 0.29) is 0 Å². The van der Waals surface area contributed by atoms with Gasteiger partial charge in [-0.15, -0.1) is 0 Å². The van der Waals surface area contributed by atoms with Crippen LogP contribution in [0.5, 0.6) is 0 Å². The first-order valence-corrected chi connectivity index (χ1v) is 16.6. The standard InChI is InChI=1S/C48H30/c1-2-30-24-26-33(27-25-30)36-28-29-43-44-37(36)22-11-23-42(44)47-45(38-20-9-14-31-12-3-5-16-34(31)38)40-18-7-8-19-41(40)46(48(43)47)39-21-10-15-32-13-4-6-17-35(32)39/h2-29H,1H2. The summed E-state index contributed by atoms with van der Waals surface area (Å²) in [5, 5.41) is 10.2. The molecule has 0 heteroatoms. The quantitative estimate of drug-likeness (QED) is 0.187. The molecule has 0 aromatic heterocycles. The van der Waals surface area contributed by atoms with E-state index >= 15 is 0 Å². The molecule has 10 rings (SSSR count). The maximum Gasteiger partial charge on any atom is -0.000718 e. The number of hydrogen-bond acceptors (Lipinski definition) is 0. The van der Waals surface area contributed by atoms with Gasteiger partial charge in [-0.2, -0.15) is 0 Å². The Labute approximate surface area is 279 Å². The van der Waals surface area contributed by atoms with E-state index in [4.69, 9.17) is 0 Å². The normalized spacial score (nSPS) is 11.8. The Morgan fingerprint density at radius 2 is 0.750 bits per heavy atom. The van der Waals surface area contributed by atoms with E-state index in [1.807, 2.05) is 6.08 Å². The van der Waals surface area contributed by atoms with Crippen LogP contribution in [0.25, 0.3) is 105 Å². The zero-order valence-electron chi connectivity index (χ0n) is 26.4. The molecule has 0 nitrogen and oxygen atoms in total. The monoisotopic (exact) mass is 606 g/mol. The topological polar surface area (TPSA) is 0 Å². The van der Waals surface area contributed by atoms with E-state index in [0.29, 0.717) is 0 Å². The lowest BCUT2D eigenvalue weighted by atomic mass is 9.81. The van der Waals surface area contributed by atoms with Crippen LogP contribution in [0, 0.1) is 0 Å². The van der Waals surface area contributed by atoms with Crippen molar-refractivity contribution < 1.29 is 0 Å². The van der Waals surface area contributed by atoms with Crippen molar-refractivity contribution in [1.29, 1.82) is 0 Å². The highest BCUT2D eigenvalue weighted by atomic mass is 14.3. The van der Waals surface area contributed by atoms with Crippen LogP contribution in [0.1, 0.15) is 5.56 Å². The Kier molecular flexibility index (Phi) is 5.83. The van der Waals surface area contributed by atoms with Crippen LogP contribution in [0.2, 0.25) is 0 Å². The van der Waals surface area contributed by atoms with Crippen LogP contribution in [0.3, 0.4) is 0 Å². The molecule has 0 bridgehead atoms. The predicted octanol–water partition coefficient (Wildman–Crippen LogP) is 13.6. The van der Waals surface area contributed by atoms with Crippen molar-refractivity contribution in [1.82, 2.24) is 0 Å². The van der Waals surface area contributed by atoms with Gasteiger partial charge in [0.1, 0.15) is 0 Å². The highest BCUT2D eigenvalue weighted by Gasteiger charge is 2.32. The maximum atomic E-state index is 3.96. The lowest BCUT2D eigenvalue weighted by Gasteiger charge is -2.22. The summed E-state index contributed by atoms with van der Waals surface area (Å²) < 4.78 is 0. The second kappa shape index (κ2) is 10.4. The van der Waals surface area contributed by atoms with Crippen molar-refractivity contribution in [3.63, 3.8) is 0 Å². The van der Waals surface area contributed by atoms with E-state index in [2.05, 4.69) is 170 Å². The van der Waals surface area contributed by atoms with E-state index in [1.165, 1.54) is 98.7 Å². The third-order valence-corrected chi connectivity index (χ3v) is 10.4. The number of fused-ring (bicyclic) bond motifs is 6. The molecule has 0 heterocycles. The highest BCUT2D eigenvalue weighted by molar-refractivity contribution is 6.30. The van der Waals surface area contributed by atoms with Gasteiger partial charge in [-0.05, 0) is 104 Å². The minimum absolute atomic E-state index is 1.13. The van der Waals surface area contributed by atoms with Crippen LogP contribution >= 0.6 is 0 Å². The Balaban J connectivity index is 1.41. The molecule has 1 aliphatic carbocycles. The molecular weight excluding hydrogens is 577 g/mol.